The molecule has 0 bridgehead atoms. The Morgan fingerprint density at radius 3 is 2.33 bits per heavy atom. The molecule has 0 atom stereocenters. The summed E-state index contributed by atoms with van der Waals surface area (Å²) in [4.78, 5) is 14.3. The molecule has 1 heterocycles. The van der Waals surface area contributed by atoms with Crippen LogP contribution in [-0.4, -0.2) is 25.5 Å². The van der Waals surface area contributed by atoms with E-state index in [9.17, 15) is 4.79 Å². The van der Waals surface area contributed by atoms with E-state index in [1.165, 1.54) is 18.5 Å². The molecule has 126 valence electrons. The topological polar surface area (TPSA) is 44.4 Å². The SMILES string of the molecule is O=C(CNc1ccc(N2CCCC2)cc1)NCc1ccc(Cl)cc1. The summed E-state index contributed by atoms with van der Waals surface area (Å²) in [6.45, 7) is 3.04. The standard InChI is InChI=1S/C19H22ClN3O/c20-16-5-3-15(4-6-16)13-22-19(24)14-21-17-7-9-18(10-8-17)23-11-1-2-12-23/h3-10,21H,1-2,11-14H2,(H,22,24). The molecule has 4 nitrogen and oxygen atoms in total. The third-order valence-electron chi connectivity index (χ3n) is 4.19. The number of benzene rings is 2. The van der Waals surface area contributed by atoms with Gasteiger partial charge in [0.15, 0.2) is 0 Å². The van der Waals surface area contributed by atoms with E-state index in [0.717, 1.165) is 24.3 Å². The maximum Gasteiger partial charge on any atom is 0.239 e. The molecule has 0 unspecified atom stereocenters. The third kappa shape index (κ3) is 4.65. The van der Waals surface area contributed by atoms with Gasteiger partial charge in [0.25, 0.3) is 0 Å². The van der Waals surface area contributed by atoms with Crippen LogP contribution in [0, 0.1) is 0 Å². The maximum atomic E-state index is 11.9. The third-order valence-corrected chi connectivity index (χ3v) is 4.45. The molecule has 24 heavy (non-hydrogen) atoms. The highest BCUT2D eigenvalue weighted by molar-refractivity contribution is 6.30. The summed E-state index contributed by atoms with van der Waals surface area (Å²) in [5, 5.41) is 6.75. The first-order valence-electron chi connectivity index (χ1n) is 8.31. The smallest absolute Gasteiger partial charge is 0.239 e. The number of hydrogen-bond donors (Lipinski definition) is 2. The Balaban J connectivity index is 1.43. The Morgan fingerprint density at radius 1 is 1.00 bits per heavy atom. The Morgan fingerprint density at radius 2 is 1.67 bits per heavy atom. The summed E-state index contributed by atoms with van der Waals surface area (Å²) in [7, 11) is 0. The number of hydrogen-bond acceptors (Lipinski definition) is 3. The number of rotatable bonds is 6. The van der Waals surface area contributed by atoms with Crippen molar-refractivity contribution in [3.63, 3.8) is 0 Å². The van der Waals surface area contributed by atoms with Gasteiger partial charge in [-0.15, -0.1) is 0 Å². The molecule has 5 heteroatoms. The van der Waals surface area contributed by atoms with Gasteiger partial charge in [0.1, 0.15) is 0 Å². The molecule has 1 fully saturated rings. The molecule has 0 aliphatic carbocycles. The summed E-state index contributed by atoms with van der Waals surface area (Å²) < 4.78 is 0. The average Bonchev–Trinajstić information content (AvgIpc) is 3.14. The van der Waals surface area contributed by atoms with Crippen molar-refractivity contribution in [3.05, 3.63) is 59.1 Å². The molecule has 3 rings (SSSR count). The average molecular weight is 344 g/mol. The highest BCUT2D eigenvalue weighted by Crippen LogP contribution is 2.21. The van der Waals surface area contributed by atoms with Crippen molar-refractivity contribution in [2.24, 2.45) is 0 Å². The van der Waals surface area contributed by atoms with Gasteiger partial charge in [0.2, 0.25) is 5.91 Å². The van der Waals surface area contributed by atoms with Crippen molar-refractivity contribution in [3.8, 4) is 0 Å². The van der Waals surface area contributed by atoms with Gasteiger partial charge in [-0.1, -0.05) is 23.7 Å². The van der Waals surface area contributed by atoms with E-state index in [1.807, 2.05) is 36.4 Å². The lowest BCUT2D eigenvalue weighted by atomic mass is 10.2. The summed E-state index contributed by atoms with van der Waals surface area (Å²) >= 11 is 5.84. The second-order valence-electron chi connectivity index (χ2n) is 6.00. The Hall–Kier alpha value is -2.20. The quantitative estimate of drug-likeness (QED) is 0.841. The minimum absolute atomic E-state index is 0.0337. The van der Waals surface area contributed by atoms with Crippen LogP contribution in [0.1, 0.15) is 18.4 Å². The van der Waals surface area contributed by atoms with Crippen LogP contribution in [0.4, 0.5) is 11.4 Å². The number of carbonyl (C=O) groups excluding carboxylic acids is 1. The first-order valence-corrected chi connectivity index (χ1v) is 8.68. The molecule has 2 N–H and O–H groups in total. The van der Waals surface area contributed by atoms with E-state index in [0.29, 0.717) is 11.6 Å². The Bertz CT molecular complexity index is 664. The number of halogens is 1. The molecule has 0 radical (unpaired) electrons. The molecule has 2 aromatic carbocycles. The van der Waals surface area contributed by atoms with Crippen LogP contribution in [0.3, 0.4) is 0 Å². The maximum absolute atomic E-state index is 11.9. The van der Waals surface area contributed by atoms with Crippen LogP contribution in [0.2, 0.25) is 5.02 Å². The zero-order valence-corrected chi connectivity index (χ0v) is 14.4. The Labute approximate surface area is 147 Å². The van der Waals surface area contributed by atoms with E-state index in [4.69, 9.17) is 11.6 Å². The second-order valence-corrected chi connectivity index (χ2v) is 6.43. The molecular formula is C19H22ClN3O. The molecule has 0 spiro atoms. The van der Waals surface area contributed by atoms with Crippen LogP contribution in [0.5, 0.6) is 0 Å². The van der Waals surface area contributed by atoms with E-state index in [-0.39, 0.29) is 12.5 Å². The van der Waals surface area contributed by atoms with Crippen molar-refractivity contribution >= 4 is 28.9 Å². The molecule has 1 aliphatic rings. The number of anilines is 2. The Kier molecular flexibility index (Phi) is 5.59. The van der Waals surface area contributed by atoms with E-state index in [1.54, 1.807) is 0 Å². The summed E-state index contributed by atoms with van der Waals surface area (Å²) in [5.74, 6) is -0.0337. The number of amides is 1. The molecule has 1 saturated heterocycles. The first kappa shape index (κ1) is 16.7. The normalized spacial score (nSPS) is 13.8. The van der Waals surface area contributed by atoms with Crippen molar-refractivity contribution < 1.29 is 4.79 Å². The fraction of sp³-hybridized carbons (Fsp3) is 0.316. The number of nitrogens with one attached hydrogen (secondary N) is 2. The largest absolute Gasteiger partial charge is 0.376 e. The van der Waals surface area contributed by atoms with Crippen LogP contribution in [0.25, 0.3) is 0 Å². The summed E-state index contributed by atoms with van der Waals surface area (Å²) in [5.41, 5.74) is 3.24. The van der Waals surface area contributed by atoms with E-state index >= 15 is 0 Å². The highest BCUT2D eigenvalue weighted by Gasteiger charge is 2.11. The lowest BCUT2D eigenvalue weighted by molar-refractivity contribution is -0.119. The van der Waals surface area contributed by atoms with Gasteiger partial charge >= 0.3 is 0 Å². The molecular weight excluding hydrogens is 322 g/mol. The van der Waals surface area contributed by atoms with Gasteiger partial charge in [0.05, 0.1) is 6.54 Å². The van der Waals surface area contributed by atoms with Crippen molar-refractivity contribution in [1.82, 2.24) is 5.32 Å². The monoisotopic (exact) mass is 343 g/mol. The molecule has 0 aromatic heterocycles. The number of nitrogens with zero attached hydrogens (tertiary/aromatic N) is 1. The summed E-state index contributed by atoms with van der Waals surface area (Å²) in [6, 6.07) is 15.7. The van der Waals surface area contributed by atoms with Gasteiger partial charge in [-0.2, -0.15) is 0 Å². The highest BCUT2D eigenvalue weighted by atomic mass is 35.5. The zero-order chi connectivity index (χ0) is 16.8. The number of carbonyl (C=O) groups is 1. The van der Waals surface area contributed by atoms with Crippen LogP contribution in [0.15, 0.2) is 48.5 Å². The lowest BCUT2D eigenvalue weighted by Gasteiger charge is -2.18. The summed E-state index contributed by atoms with van der Waals surface area (Å²) in [6.07, 6.45) is 2.54. The van der Waals surface area contributed by atoms with Crippen molar-refractivity contribution in [2.45, 2.75) is 19.4 Å². The fourth-order valence-electron chi connectivity index (χ4n) is 2.81. The van der Waals surface area contributed by atoms with Crippen LogP contribution in [-0.2, 0) is 11.3 Å². The molecule has 1 aliphatic heterocycles. The van der Waals surface area contributed by atoms with Gasteiger partial charge in [-0.25, -0.2) is 0 Å². The second kappa shape index (κ2) is 8.06. The van der Waals surface area contributed by atoms with Crippen molar-refractivity contribution in [2.75, 3.05) is 29.9 Å². The van der Waals surface area contributed by atoms with Gasteiger partial charge < -0.3 is 15.5 Å². The van der Waals surface area contributed by atoms with Crippen molar-refractivity contribution in [1.29, 1.82) is 0 Å². The molecule has 0 saturated carbocycles. The minimum atomic E-state index is -0.0337. The zero-order valence-electron chi connectivity index (χ0n) is 13.6. The minimum Gasteiger partial charge on any atom is -0.376 e. The first-order chi connectivity index (χ1) is 11.7. The predicted molar refractivity (Wildman–Crippen MR) is 99.7 cm³/mol. The molecule has 2 aromatic rings. The van der Waals surface area contributed by atoms with Crippen LogP contribution >= 0.6 is 11.6 Å². The van der Waals surface area contributed by atoms with Gasteiger partial charge in [-0.3, -0.25) is 4.79 Å². The molecule has 1 amide bonds. The van der Waals surface area contributed by atoms with Gasteiger partial charge in [-0.05, 0) is 54.8 Å². The van der Waals surface area contributed by atoms with E-state index < -0.39 is 0 Å². The van der Waals surface area contributed by atoms with Crippen LogP contribution < -0.4 is 15.5 Å². The van der Waals surface area contributed by atoms with Gasteiger partial charge in [0, 0.05) is 36.0 Å². The van der Waals surface area contributed by atoms with E-state index in [2.05, 4.69) is 27.7 Å². The fourth-order valence-corrected chi connectivity index (χ4v) is 2.94. The lowest BCUT2D eigenvalue weighted by Crippen LogP contribution is -2.29. The predicted octanol–water partition coefficient (Wildman–Crippen LogP) is 3.67.